The van der Waals surface area contributed by atoms with Gasteiger partial charge in [-0.05, 0) is 12.1 Å². The van der Waals surface area contributed by atoms with Crippen LogP contribution in [0, 0.1) is 0 Å². The molecule has 0 N–H and O–H groups in total. The highest BCUT2D eigenvalue weighted by Crippen LogP contribution is 2.21. The Morgan fingerprint density at radius 3 is 2.42 bits per heavy atom. The van der Waals surface area contributed by atoms with Gasteiger partial charge in [0.05, 0.1) is 18.8 Å². The zero-order valence-electron chi connectivity index (χ0n) is 10.5. The minimum atomic E-state index is -0.621. The fraction of sp³-hybridized carbons (Fsp3) is 0.308. The zero-order chi connectivity index (χ0) is 13.8. The highest BCUT2D eigenvalue weighted by Gasteiger charge is 2.38. The van der Waals surface area contributed by atoms with Gasteiger partial charge < -0.3 is 4.74 Å². The van der Waals surface area contributed by atoms with Crippen LogP contribution in [0.15, 0.2) is 30.3 Å². The van der Waals surface area contributed by atoms with Crippen LogP contribution >= 0.6 is 0 Å². The van der Waals surface area contributed by atoms with Crippen LogP contribution in [0.4, 0.5) is 10.5 Å². The molecule has 19 heavy (non-hydrogen) atoms. The van der Waals surface area contributed by atoms with Crippen molar-refractivity contribution in [3.63, 3.8) is 0 Å². The number of para-hydroxylation sites is 1. The second-order valence-electron chi connectivity index (χ2n) is 4.06. The molecule has 2 rings (SSSR count). The number of rotatable bonds is 4. The molecule has 6 nitrogen and oxygen atoms in total. The molecular weight excluding hydrogens is 248 g/mol. The van der Waals surface area contributed by atoms with E-state index in [1.165, 1.54) is 7.11 Å². The van der Waals surface area contributed by atoms with Gasteiger partial charge in [-0.3, -0.25) is 14.5 Å². The van der Waals surface area contributed by atoms with Crippen molar-refractivity contribution in [1.29, 1.82) is 0 Å². The Hall–Kier alpha value is -2.21. The maximum Gasteiger partial charge on any atom is 0.338 e. The highest BCUT2D eigenvalue weighted by molar-refractivity contribution is 6.26. The maximum absolute atomic E-state index is 12.2. The number of hydrogen-bond donors (Lipinski definition) is 0. The first-order chi connectivity index (χ1) is 9.15. The monoisotopic (exact) mass is 262 g/mol. The number of benzene rings is 1. The fourth-order valence-electron chi connectivity index (χ4n) is 1.87. The second-order valence-corrected chi connectivity index (χ2v) is 4.06. The van der Waals surface area contributed by atoms with E-state index in [1.807, 2.05) is 0 Å². The van der Waals surface area contributed by atoms with Crippen LogP contribution in [0.25, 0.3) is 0 Å². The van der Waals surface area contributed by atoms with E-state index in [4.69, 9.17) is 4.74 Å². The normalized spacial score (nSPS) is 16.2. The molecule has 6 heteroatoms. The summed E-state index contributed by atoms with van der Waals surface area (Å²) in [7, 11) is 1.49. The fourth-order valence-corrected chi connectivity index (χ4v) is 1.87. The smallest absolute Gasteiger partial charge is 0.338 e. The Morgan fingerprint density at radius 1 is 1.11 bits per heavy atom. The molecule has 0 radical (unpaired) electrons. The molecule has 100 valence electrons. The number of methoxy groups -OCH3 is 1. The largest absolute Gasteiger partial charge is 0.383 e. The number of anilines is 1. The lowest BCUT2D eigenvalue weighted by atomic mass is 10.2. The molecule has 0 aromatic heterocycles. The highest BCUT2D eigenvalue weighted by atomic mass is 16.5. The number of amides is 4. The lowest BCUT2D eigenvalue weighted by Gasteiger charge is -2.32. The first kappa shape index (κ1) is 13.2. The quantitative estimate of drug-likeness (QED) is 0.760. The topological polar surface area (TPSA) is 66.9 Å². The predicted molar refractivity (Wildman–Crippen MR) is 67.5 cm³/mol. The summed E-state index contributed by atoms with van der Waals surface area (Å²) in [4.78, 5) is 37.8. The molecule has 1 fully saturated rings. The van der Waals surface area contributed by atoms with Crippen LogP contribution in [-0.4, -0.2) is 43.0 Å². The number of carbonyl (C=O) groups is 3. The molecule has 1 heterocycles. The maximum atomic E-state index is 12.2. The molecule has 0 atom stereocenters. The van der Waals surface area contributed by atoms with Crippen LogP contribution in [-0.2, 0) is 14.3 Å². The van der Waals surface area contributed by atoms with Crippen molar-refractivity contribution in [1.82, 2.24) is 4.90 Å². The Kier molecular flexibility index (Phi) is 3.91. The first-order valence-electron chi connectivity index (χ1n) is 5.86. The van der Waals surface area contributed by atoms with Crippen LogP contribution in [0.2, 0.25) is 0 Å². The summed E-state index contributed by atoms with van der Waals surface area (Å²) in [6, 6.07) is 7.93. The summed E-state index contributed by atoms with van der Waals surface area (Å²) in [5, 5.41) is 0. The van der Waals surface area contributed by atoms with Crippen molar-refractivity contribution in [2.45, 2.75) is 6.42 Å². The first-order valence-corrected chi connectivity index (χ1v) is 5.86. The van der Waals surface area contributed by atoms with Crippen molar-refractivity contribution in [2.75, 3.05) is 25.2 Å². The molecule has 0 aliphatic carbocycles. The van der Waals surface area contributed by atoms with Gasteiger partial charge in [0, 0.05) is 7.11 Å². The third-order valence-corrected chi connectivity index (χ3v) is 2.81. The van der Waals surface area contributed by atoms with Crippen molar-refractivity contribution < 1.29 is 19.1 Å². The van der Waals surface area contributed by atoms with E-state index in [1.54, 1.807) is 30.3 Å². The van der Waals surface area contributed by atoms with E-state index in [0.717, 1.165) is 9.80 Å². The van der Waals surface area contributed by atoms with E-state index in [-0.39, 0.29) is 19.6 Å². The van der Waals surface area contributed by atoms with Gasteiger partial charge in [0.2, 0.25) is 11.8 Å². The van der Waals surface area contributed by atoms with E-state index in [9.17, 15) is 14.4 Å². The molecule has 1 aliphatic heterocycles. The van der Waals surface area contributed by atoms with Crippen molar-refractivity contribution >= 4 is 23.5 Å². The predicted octanol–water partition coefficient (Wildman–Crippen LogP) is 1.02. The van der Waals surface area contributed by atoms with Gasteiger partial charge in [-0.2, -0.15) is 0 Å². The Bertz CT molecular complexity index is 501. The Balaban J connectivity index is 2.26. The molecule has 0 spiro atoms. The summed E-state index contributed by atoms with van der Waals surface area (Å²) in [6.45, 7) is 0.388. The molecular formula is C13H14N2O4. The van der Waals surface area contributed by atoms with Crippen LogP contribution in [0.3, 0.4) is 0 Å². The Labute approximate surface area is 110 Å². The average Bonchev–Trinajstić information content (AvgIpc) is 2.39. The minimum Gasteiger partial charge on any atom is -0.383 e. The van der Waals surface area contributed by atoms with Crippen LogP contribution in [0.5, 0.6) is 0 Å². The van der Waals surface area contributed by atoms with E-state index in [0.29, 0.717) is 5.69 Å². The zero-order valence-corrected chi connectivity index (χ0v) is 10.5. The molecule has 1 aromatic carbocycles. The molecule has 1 aliphatic rings. The number of carbonyl (C=O) groups excluding carboxylic acids is 3. The molecule has 0 saturated carbocycles. The summed E-state index contributed by atoms with van der Waals surface area (Å²) in [5.74, 6) is -0.992. The number of urea groups is 1. The van der Waals surface area contributed by atoms with Crippen molar-refractivity contribution in [3.8, 4) is 0 Å². The van der Waals surface area contributed by atoms with Gasteiger partial charge in [-0.1, -0.05) is 18.2 Å². The van der Waals surface area contributed by atoms with E-state index < -0.39 is 17.8 Å². The minimum absolute atomic E-state index is 0.144. The summed E-state index contributed by atoms with van der Waals surface area (Å²) < 4.78 is 4.86. The number of nitrogens with zero attached hydrogens (tertiary/aromatic N) is 2. The van der Waals surface area contributed by atoms with E-state index in [2.05, 4.69) is 0 Å². The number of imide groups is 2. The molecule has 4 amide bonds. The lowest BCUT2D eigenvalue weighted by molar-refractivity contribution is -0.135. The van der Waals surface area contributed by atoms with E-state index >= 15 is 0 Å². The second kappa shape index (κ2) is 5.62. The van der Waals surface area contributed by atoms with Gasteiger partial charge >= 0.3 is 6.03 Å². The number of barbiturate groups is 1. The molecule has 1 aromatic rings. The van der Waals surface area contributed by atoms with Crippen molar-refractivity contribution in [3.05, 3.63) is 30.3 Å². The third kappa shape index (κ3) is 2.63. The van der Waals surface area contributed by atoms with Gasteiger partial charge in [-0.15, -0.1) is 0 Å². The molecule has 0 bridgehead atoms. The van der Waals surface area contributed by atoms with Gasteiger partial charge in [0.25, 0.3) is 0 Å². The standard InChI is InChI=1S/C13H14N2O4/c1-19-8-7-14-11(16)9-12(17)15(13(14)18)10-5-3-2-4-6-10/h2-6H,7-9H2,1H3. The van der Waals surface area contributed by atoms with Gasteiger partial charge in [-0.25, -0.2) is 9.69 Å². The number of ether oxygens (including phenoxy) is 1. The van der Waals surface area contributed by atoms with Crippen molar-refractivity contribution in [2.24, 2.45) is 0 Å². The summed E-state index contributed by atoms with van der Waals surface area (Å²) in [5.41, 5.74) is 0.465. The van der Waals surface area contributed by atoms with Gasteiger partial charge in [0.1, 0.15) is 6.42 Å². The summed E-state index contributed by atoms with van der Waals surface area (Å²) in [6.07, 6.45) is -0.301. The molecule has 0 unspecified atom stereocenters. The SMILES string of the molecule is COCCN1C(=O)CC(=O)N(c2ccccc2)C1=O. The average molecular weight is 262 g/mol. The van der Waals surface area contributed by atoms with Crippen LogP contribution in [0.1, 0.15) is 6.42 Å². The van der Waals surface area contributed by atoms with Crippen LogP contribution < -0.4 is 4.90 Å². The molecule has 1 saturated heterocycles. The summed E-state index contributed by atoms with van der Waals surface area (Å²) >= 11 is 0. The van der Waals surface area contributed by atoms with Gasteiger partial charge in [0.15, 0.2) is 0 Å². The Morgan fingerprint density at radius 2 is 1.79 bits per heavy atom. The third-order valence-electron chi connectivity index (χ3n) is 2.81. The number of hydrogen-bond acceptors (Lipinski definition) is 4. The lowest BCUT2D eigenvalue weighted by Crippen LogP contribution is -2.56.